The fourth-order valence-electron chi connectivity index (χ4n) is 2.59. The van der Waals surface area contributed by atoms with E-state index in [-0.39, 0.29) is 25.6 Å². The van der Waals surface area contributed by atoms with Crippen molar-refractivity contribution in [1.29, 1.82) is 0 Å². The SMILES string of the molecule is C=O.COc1cc(CCCC(=O)OCCO)c(OC)cc1CCCOC(C)O. The van der Waals surface area contributed by atoms with Gasteiger partial charge in [0.25, 0.3) is 0 Å². The van der Waals surface area contributed by atoms with E-state index in [9.17, 15) is 4.79 Å². The highest BCUT2D eigenvalue weighted by molar-refractivity contribution is 5.69. The molecule has 1 atom stereocenters. The van der Waals surface area contributed by atoms with Crippen LogP contribution in [0.25, 0.3) is 0 Å². The van der Waals surface area contributed by atoms with Gasteiger partial charge in [0.1, 0.15) is 24.9 Å². The van der Waals surface area contributed by atoms with Gasteiger partial charge in [-0.2, -0.15) is 0 Å². The van der Waals surface area contributed by atoms with Crippen LogP contribution >= 0.6 is 0 Å². The average molecular weight is 400 g/mol. The molecular formula is C20H32O8. The first-order chi connectivity index (χ1) is 13.5. The Morgan fingerprint density at radius 3 is 2.04 bits per heavy atom. The van der Waals surface area contributed by atoms with E-state index in [1.54, 1.807) is 21.1 Å². The van der Waals surface area contributed by atoms with Crippen LogP contribution in [0.2, 0.25) is 0 Å². The molecule has 8 heteroatoms. The van der Waals surface area contributed by atoms with E-state index in [4.69, 9.17) is 34.0 Å². The van der Waals surface area contributed by atoms with Crippen LogP contribution in [0.5, 0.6) is 11.5 Å². The van der Waals surface area contributed by atoms with Gasteiger partial charge in [-0.25, -0.2) is 0 Å². The van der Waals surface area contributed by atoms with E-state index in [2.05, 4.69) is 0 Å². The number of ether oxygens (including phenoxy) is 4. The van der Waals surface area contributed by atoms with Gasteiger partial charge in [-0.1, -0.05) is 0 Å². The molecule has 1 aromatic rings. The van der Waals surface area contributed by atoms with E-state index in [0.29, 0.717) is 19.4 Å². The molecule has 1 aromatic carbocycles. The molecule has 0 aliphatic heterocycles. The van der Waals surface area contributed by atoms with Gasteiger partial charge < -0.3 is 34.0 Å². The third kappa shape index (κ3) is 10.2. The largest absolute Gasteiger partial charge is 0.496 e. The predicted molar refractivity (Wildman–Crippen MR) is 104 cm³/mol. The second-order valence-corrected chi connectivity index (χ2v) is 5.85. The van der Waals surface area contributed by atoms with Gasteiger partial charge in [0.2, 0.25) is 0 Å². The highest BCUT2D eigenvalue weighted by Crippen LogP contribution is 2.31. The number of methoxy groups -OCH3 is 2. The summed E-state index contributed by atoms with van der Waals surface area (Å²) in [6, 6.07) is 3.88. The quantitative estimate of drug-likeness (QED) is 0.292. The lowest BCUT2D eigenvalue weighted by Crippen LogP contribution is -2.09. The van der Waals surface area contributed by atoms with E-state index < -0.39 is 6.29 Å². The van der Waals surface area contributed by atoms with Crippen LogP contribution in [0.15, 0.2) is 12.1 Å². The summed E-state index contributed by atoms with van der Waals surface area (Å²) < 4.78 is 20.9. The summed E-state index contributed by atoms with van der Waals surface area (Å²) in [7, 11) is 3.23. The molecule has 0 spiro atoms. The lowest BCUT2D eigenvalue weighted by molar-refractivity contribution is -0.144. The molecule has 28 heavy (non-hydrogen) atoms. The first-order valence-electron chi connectivity index (χ1n) is 9.10. The Bertz CT molecular complexity index is 559. The lowest BCUT2D eigenvalue weighted by atomic mass is 10.0. The van der Waals surface area contributed by atoms with E-state index in [1.807, 2.05) is 18.9 Å². The molecule has 1 unspecified atom stereocenters. The highest BCUT2D eigenvalue weighted by Gasteiger charge is 2.12. The second kappa shape index (κ2) is 15.9. The van der Waals surface area contributed by atoms with Crippen molar-refractivity contribution in [2.24, 2.45) is 0 Å². The summed E-state index contributed by atoms with van der Waals surface area (Å²) >= 11 is 0. The van der Waals surface area contributed by atoms with Gasteiger partial charge in [-0.05, 0) is 55.9 Å². The fraction of sp³-hybridized carbons (Fsp3) is 0.600. The van der Waals surface area contributed by atoms with Crippen LogP contribution in [0.1, 0.15) is 37.3 Å². The molecule has 0 saturated heterocycles. The normalized spacial score (nSPS) is 11.2. The Kier molecular flexibility index (Phi) is 14.6. The van der Waals surface area contributed by atoms with Gasteiger partial charge in [0, 0.05) is 6.42 Å². The van der Waals surface area contributed by atoms with E-state index >= 15 is 0 Å². The average Bonchev–Trinajstić information content (AvgIpc) is 2.71. The summed E-state index contributed by atoms with van der Waals surface area (Å²) in [6.07, 6.45) is 2.27. The molecule has 0 aromatic heterocycles. The van der Waals surface area contributed by atoms with Crippen molar-refractivity contribution in [2.75, 3.05) is 34.0 Å². The standard InChI is InChI=1S/C19H30O7.CH2O/c1-14(21)25-10-5-7-16-13-17(23-2)15(12-18(16)24-3)6-4-8-19(22)26-11-9-20;1-2/h12-14,20-21H,4-11H2,1-3H3;1H2. The number of aliphatic hydroxyl groups is 2. The van der Waals surface area contributed by atoms with Crippen molar-refractivity contribution in [3.63, 3.8) is 0 Å². The van der Waals surface area contributed by atoms with E-state index in [0.717, 1.165) is 35.5 Å². The number of hydrogen-bond acceptors (Lipinski definition) is 8. The molecule has 0 heterocycles. The maximum atomic E-state index is 11.5. The Balaban J connectivity index is 0.00000352. The van der Waals surface area contributed by atoms with Gasteiger partial charge >= 0.3 is 5.97 Å². The summed E-state index contributed by atoms with van der Waals surface area (Å²) in [5.74, 6) is 1.20. The van der Waals surface area contributed by atoms with Gasteiger partial charge in [0.15, 0.2) is 6.29 Å². The monoisotopic (exact) mass is 400 g/mol. The fourth-order valence-corrected chi connectivity index (χ4v) is 2.59. The molecule has 2 N–H and O–H groups in total. The van der Waals surface area contributed by atoms with Crippen molar-refractivity contribution in [3.8, 4) is 11.5 Å². The minimum atomic E-state index is -0.766. The van der Waals surface area contributed by atoms with Gasteiger partial charge in [-0.3, -0.25) is 4.79 Å². The topological polar surface area (TPSA) is 112 Å². The van der Waals surface area contributed by atoms with Crippen LogP contribution in [0.3, 0.4) is 0 Å². The molecule has 160 valence electrons. The molecule has 0 amide bonds. The number of aliphatic hydroxyl groups excluding tert-OH is 2. The Hall–Kier alpha value is -2.16. The number of hydrogen-bond donors (Lipinski definition) is 2. The summed E-state index contributed by atoms with van der Waals surface area (Å²) in [5, 5.41) is 17.8. The van der Waals surface area contributed by atoms with Crippen molar-refractivity contribution in [2.45, 2.75) is 45.3 Å². The molecule has 0 radical (unpaired) electrons. The van der Waals surface area contributed by atoms with Gasteiger partial charge in [0.05, 0.1) is 27.4 Å². The molecule has 8 nitrogen and oxygen atoms in total. The molecule has 0 saturated carbocycles. The van der Waals surface area contributed by atoms with Crippen LogP contribution in [0, 0.1) is 0 Å². The Labute approximate surface area is 166 Å². The summed E-state index contributed by atoms with van der Waals surface area (Å²) in [5.41, 5.74) is 1.97. The lowest BCUT2D eigenvalue weighted by Gasteiger charge is -2.15. The van der Waals surface area contributed by atoms with Crippen LogP contribution in [0.4, 0.5) is 0 Å². The van der Waals surface area contributed by atoms with Gasteiger partial charge in [-0.15, -0.1) is 0 Å². The number of carbonyl (C=O) groups is 2. The maximum Gasteiger partial charge on any atom is 0.305 e. The number of esters is 1. The zero-order valence-corrected chi connectivity index (χ0v) is 16.9. The zero-order valence-electron chi connectivity index (χ0n) is 16.9. The number of aryl methyl sites for hydroxylation is 2. The first-order valence-corrected chi connectivity index (χ1v) is 9.10. The van der Waals surface area contributed by atoms with Crippen molar-refractivity contribution < 1.29 is 38.7 Å². The molecule has 0 aliphatic carbocycles. The van der Waals surface area contributed by atoms with Crippen LogP contribution in [-0.4, -0.2) is 63.3 Å². The van der Waals surface area contributed by atoms with Crippen LogP contribution < -0.4 is 9.47 Å². The minimum Gasteiger partial charge on any atom is -0.496 e. The molecular weight excluding hydrogens is 368 g/mol. The highest BCUT2D eigenvalue weighted by atomic mass is 16.6. The second-order valence-electron chi connectivity index (χ2n) is 5.85. The molecule has 0 bridgehead atoms. The predicted octanol–water partition coefficient (Wildman–Crippen LogP) is 1.66. The zero-order chi connectivity index (χ0) is 21.4. The summed E-state index contributed by atoms with van der Waals surface area (Å²) in [6.45, 7) is 3.91. The first kappa shape index (κ1) is 25.8. The molecule has 0 fully saturated rings. The Morgan fingerprint density at radius 1 is 1.04 bits per heavy atom. The van der Waals surface area contributed by atoms with Crippen molar-refractivity contribution in [1.82, 2.24) is 0 Å². The molecule has 1 rings (SSSR count). The molecule has 0 aliphatic rings. The summed E-state index contributed by atoms with van der Waals surface area (Å²) in [4.78, 5) is 19.5. The van der Waals surface area contributed by atoms with Crippen LogP contribution in [-0.2, 0) is 31.9 Å². The smallest absolute Gasteiger partial charge is 0.305 e. The van der Waals surface area contributed by atoms with Crippen molar-refractivity contribution >= 4 is 12.8 Å². The van der Waals surface area contributed by atoms with E-state index in [1.165, 1.54) is 0 Å². The minimum absolute atomic E-state index is 0.0312. The third-order valence-corrected chi connectivity index (χ3v) is 3.81. The number of rotatable bonds is 13. The maximum absolute atomic E-state index is 11.5. The number of carbonyl (C=O) groups excluding carboxylic acids is 2. The Morgan fingerprint density at radius 2 is 1.57 bits per heavy atom. The number of benzene rings is 1. The third-order valence-electron chi connectivity index (χ3n) is 3.81. The van der Waals surface area contributed by atoms with Crippen molar-refractivity contribution in [3.05, 3.63) is 23.3 Å².